The van der Waals surface area contributed by atoms with E-state index < -0.39 is 0 Å². The summed E-state index contributed by atoms with van der Waals surface area (Å²) in [6, 6.07) is 11.9. The number of nitrogens with zero attached hydrogens (tertiary/aromatic N) is 2. The average molecular weight is 350 g/mol. The lowest BCUT2D eigenvalue weighted by Gasteiger charge is -2.36. The van der Waals surface area contributed by atoms with E-state index in [0.717, 1.165) is 48.6 Å². The molecule has 2 heterocycles. The molecule has 0 unspecified atom stereocenters. The van der Waals surface area contributed by atoms with Gasteiger partial charge in [0.2, 0.25) is 0 Å². The number of hydrogen-bond acceptors (Lipinski definition) is 3. The fourth-order valence-corrected chi connectivity index (χ4v) is 3.16. The van der Waals surface area contributed by atoms with Crippen molar-refractivity contribution in [2.45, 2.75) is 13.1 Å². The number of rotatable bonds is 4. The van der Waals surface area contributed by atoms with E-state index in [-0.39, 0.29) is 0 Å². The molecule has 0 atom stereocenters. The van der Waals surface area contributed by atoms with Gasteiger partial charge in [-0.25, -0.2) is 0 Å². The maximum atomic E-state index is 6.04. The maximum Gasteiger partial charge on any atom is 0.169 e. The average Bonchev–Trinajstić information content (AvgIpc) is 3.07. The summed E-state index contributed by atoms with van der Waals surface area (Å²) < 4.78 is 5.30. The molecule has 3 rings (SSSR count). The SMILES string of the molecule is S=C(NCc1ccco1)N1CCN(Cc2cccc(Cl)c2)CC1. The van der Waals surface area contributed by atoms with Gasteiger partial charge in [-0.05, 0) is 42.0 Å². The zero-order valence-electron chi connectivity index (χ0n) is 12.9. The normalized spacial score (nSPS) is 15.6. The predicted octanol–water partition coefficient (Wildman–Crippen LogP) is 3.13. The Bertz CT molecular complexity index is 639. The van der Waals surface area contributed by atoms with Gasteiger partial charge in [-0.15, -0.1) is 0 Å². The molecule has 4 nitrogen and oxygen atoms in total. The van der Waals surface area contributed by atoms with Gasteiger partial charge in [-0.1, -0.05) is 23.7 Å². The van der Waals surface area contributed by atoms with Crippen LogP contribution in [0.4, 0.5) is 0 Å². The van der Waals surface area contributed by atoms with Gasteiger partial charge in [0.15, 0.2) is 5.11 Å². The molecular weight excluding hydrogens is 330 g/mol. The summed E-state index contributed by atoms with van der Waals surface area (Å²) in [6.07, 6.45) is 1.68. The van der Waals surface area contributed by atoms with Crippen LogP contribution in [0.1, 0.15) is 11.3 Å². The molecule has 0 spiro atoms. The highest BCUT2D eigenvalue weighted by Crippen LogP contribution is 2.14. The van der Waals surface area contributed by atoms with Gasteiger partial charge in [0.05, 0.1) is 12.8 Å². The van der Waals surface area contributed by atoms with Crippen LogP contribution in [0.2, 0.25) is 5.02 Å². The van der Waals surface area contributed by atoms with Gasteiger partial charge in [0.25, 0.3) is 0 Å². The molecule has 1 aromatic carbocycles. The molecule has 0 bridgehead atoms. The van der Waals surface area contributed by atoms with E-state index in [9.17, 15) is 0 Å². The van der Waals surface area contributed by atoms with Crippen molar-refractivity contribution in [2.24, 2.45) is 0 Å². The van der Waals surface area contributed by atoms with Gasteiger partial charge in [-0.3, -0.25) is 4.90 Å². The first kappa shape index (κ1) is 16.3. The molecule has 1 aliphatic rings. The maximum absolute atomic E-state index is 6.04. The molecule has 0 amide bonds. The minimum absolute atomic E-state index is 0.633. The molecule has 0 saturated carbocycles. The highest BCUT2D eigenvalue weighted by atomic mass is 35.5. The summed E-state index contributed by atoms with van der Waals surface area (Å²) in [4.78, 5) is 4.64. The Hall–Kier alpha value is -1.56. The van der Waals surface area contributed by atoms with Crippen molar-refractivity contribution < 1.29 is 4.42 Å². The van der Waals surface area contributed by atoms with Crippen LogP contribution in [0, 0.1) is 0 Å². The second kappa shape index (κ2) is 7.81. The number of benzene rings is 1. The van der Waals surface area contributed by atoms with Gasteiger partial charge in [-0.2, -0.15) is 0 Å². The van der Waals surface area contributed by atoms with Gasteiger partial charge >= 0.3 is 0 Å². The van der Waals surface area contributed by atoms with Crippen molar-refractivity contribution in [3.05, 3.63) is 59.0 Å². The summed E-state index contributed by atoms with van der Waals surface area (Å²) in [7, 11) is 0. The Balaban J connectivity index is 1.43. The predicted molar refractivity (Wildman–Crippen MR) is 96.4 cm³/mol. The van der Waals surface area contributed by atoms with Crippen LogP contribution in [0.25, 0.3) is 0 Å². The Labute approximate surface area is 147 Å². The number of hydrogen-bond donors (Lipinski definition) is 1. The minimum Gasteiger partial charge on any atom is -0.467 e. The second-order valence-electron chi connectivity index (χ2n) is 5.63. The quantitative estimate of drug-likeness (QED) is 0.857. The van der Waals surface area contributed by atoms with Crippen LogP contribution in [0.5, 0.6) is 0 Å². The number of piperazine rings is 1. The van der Waals surface area contributed by atoms with E-state index >= 15 is 0 Å². The fourth-order valence-electron chi connectivity index (χ4n) is 2.69. The number of furan rings is 1. The van der Waals surface area contributed by atoms with Crippen LogP contribution in [0.15, 0.2) is 47.1 Å². The van der Waals surface area contributed by atoms with E-state index in [4.69, 9.17) is 28.2 Å². The number of halogens is 1. The van der Waals surface area contributed by atoms with Crippen molar-refractivity contribution in [3.63, 3.8) is 0 Å². The van der Waals surface area contributed by atoms with Crippen molar-refractivity contribution in [1.29, 1.82) is 0 Å². The van der Waals surface area contributed by atoms with Crippen molar-refractivity contribution in [1.82, 2.24) is 15.1 Å². The number of thiocarbonyl (C=S) groups is 1. The van der Waals surface area contributed by atoms with Crippen LogP contribution in [0.3, 0.4) is 0 Å². The van der Waals surface area contributed by atoms with Crippen LogP contribution >= 0.6 is 23.8 Å². The minimum atomic E-state index is 0.633. The molecule has 0 radical (unpaired) electrons. The standard InChI is InChI=1S/C17H20ClN3OS/c18-15-4-1-3-14(11-15)13-20-6-8-21(9-7-20)17(23)19-12-16-5-2-10-22-16/h1-5,10-11H,6-9,12-13H2,(H,19,23). The third-order valence-corrected chi connectivity index (χ3v) is 4.59. The zero-order valence-corrected chi connectivity index (χ0v) is 14.4. The Morgan fingerprint density at radius 2 is 2.00 bits per heavy atom. The third kappa shape index (κ3) is 4.70. The third-order valence-electron chi connectivity index (χ3n) is 3.95. The van der Waals surface area contributed by atoms with Gasteiger partial charge in [0.1, 0.15) is 5.76 Å². The van der Waals surface area contributed by atoms with Gasteiger partial charge < -0.3 is 14.6 Å². The summed E-state index contributed by atoms with van der Waals surface area (Å²) in [6.45, 7) is 5.43. The molecule has 6 heteroatoms. The lowest BCUT2D eigenvalue weighted by molar-refractivity contribution is 0.174. The molecule has 2 aromatic rings. The molecule has 1 N–H and O–H groups in total. The van der Waals surface area contributed by atoms with E-state index in [0.29, 0.717) is 6.54 Å². The molecule has 23 heavy (non-hydrogen) atoms. The van der Waals surface area contributed by atoms with Crippen molar-refractivity contribution in [2.75, 3.05) is 26.2 Å². The lowest BCUT2D eigenvalue weighted by Crippen LogP contribution is -2.51. The molecular formula is C17H20ClN3OS. The zero-order chi connectivity index (χ0) is 16.1. The fraction of sp³-hybridized carbons (Fsp3) is 0.353. The van der Waals surface area contributed by atoms with Gasteiger partial charge in [0, 0.05) is 37.7 Å². The van der Waals surface area contributed by atoms with E-state index in [1.54, 1.807) is 6.26 Å². The van der Waals surface area contributed by atoms with E-state index in [2.05, 4.69) is 21.2 Å². The van der Waals surface area contributed by atoms with E-state index in [1.165, 1.54) is 5.56 Å². The first-order valence-corrected chi connectivity index (χ1v) is 8.51. The lowest BCUT2D eigenvalue weighted by atomic mass is 10.2. The monoisotopic (exact) mass is 349 g/mol. The smallest absolute Gasteiger partial charge is 0.169 e. The molecule has 122 valence electrons. The summed E-state index contributed by atoms with van der Waals surface area (Å²) in [5.74, 6) is 0.895. The Morgan fingerprint density at radius 3 is 2.70 bits per heavy atom. The van der Waals surface area contributed by atoms with Crippen LogP contribution in [-0.4, -0.2) is 41.1 Å². The van der Waals surface area contributed by atoms with Crippen LogP contribution < -0.4 is 5.32 Å². The molecule has 0 aliphatic carbocycles. The molecule has 1 aliphatic heterocycles. The summed E-state index contributed by atoms with van der Waals surface area (Å²) in [5, 5.41) is 4.85. The topological polar surface area (TPSA) is 31.7 Å². The molecule has 1 aromatic heterocycles. The highest BCUT2D eigenvalue weighted by Gasteiger charge is 2.19. The van der Waals surface area contributed by atoms with Crippen LogP contribution in [-0.2, 0) is 13.1 Å². The van der Waals surface area contributed by atoms with E-state index in [1.807, 2.05) is 30.3 Å². The Morgan fingerprint density at radius 1 is 1.17 bits per heavy atom. The summed E-state index contributed by atoms with van der Waals surface area (Å²) >= 11 is 11.5. The highest BCUT2D eigenvalue weighted by molar-refractivity contribution is 7.80. The molecule has 1 saturated heterocycles. The number of nitrogens with one attached hydrogen (secondary N) is 1. The first-order valence-electron chi connectivity index (χ1n) is 7.73. The first-order chi connectivity index (χ1) is 11.2. The second-order valence-corrected chi connectivity index (χ2v) is 6.45. The molecule has 1 fully saturated rings. The van der Waals surface area contributed by atoms with Crippen molar-refractivity contribution >= 4 is 28.9 Å². The summed E-state index contributed by atoms with van der Waals surface area (Å²) in [5.41, 5.74) is 1.25. The Kier molecular flexibility index (Phi) is 5.54. The largest absolute Gasteiger partial charge is 0.467 e. The van der Waals surface area contributed by atoms with Crippen molar-refractivity contribution in [3.8, 4) is 0 Å².